The van der Waals surface area contributed by atoms with E-state index in [-0.39, 0.29) is 120 Å². The predicted molar refractivity (Wildman–Crippen MR) is 496 cm³/mol. The van der Waals surface area contributed by atoms with E-state index in [1.165, 1.54) is 116 Å². The topological polar surface area (TPSA) is 449 Å². The number of carbonyl (C=O) groups is 4. The molecular weight excluding hydrogens is 2150 g/mol. The molecule has 11 N–H and O–H groups in total. The first-order valence-corrected chi connectivity index (χ1v) is 41.9. The van der Waals surface area contributed by atoms with Gasteiger partial charge >= 0.3 is 24.0 Å². The van der Waals surface area contributed by atoms with Crippen molar-refractivity contribution in [1.82, 2.24) is 29.9 Å². The number of anilines is 5. The van der Waals surface area contributed by atoms with E-state index in [4.69, 9.17) is 113 Å². The van der Waals surface area contributed by atoms with E-state index >= 15 is 0 Å². The lowest BCUT2D eigenvalue weighted by Crippen LogP contribution is -2.28. The van der Waals surface area contributed by atoms with Crippen molar-refractivity contribution in [2.24, 2.45) is 20.8 Å². The summed E-state index contributed by atoms with van der Waals surface area (Å²) >= 11 is 35.0. The van der Waals surface area contributed by atoms with Crippen molar-refractivity contribution in [1.29, 1.82) is 5.53 Å². The second kappa shape index (κ2) is 62.4. The molecule has 0 aliphatic carbocycles. The van der Waals surface area contributed by atoms with E-state index in [1.54, 1.807) is 46.2 Å². The molecule has 0 saturated carbocycles. The molecule has 3 aromatic heterocycles. The number of esters is 1. The number of methoxy groups -OCH3 is 10. The predicted octanol–water partition coefficient (Wildman–Crippen LogP) is 23.1. The van der Waals surface area contributed by atoms with Crippen LogP contribution in [0, 0.1) is 110 Å². The molecule has 10 aromatic rings. The summed E-state index contributed by atoms with van der Waals surface area (Å²) in [7, 11) is 12.8. The summed E-state index contributed by atoms with van der Waals surface area (Å²) < 4.78 is 265. The van der Waals surface area contributed by atoms with Crippen LogP contribution in [0.2, 0.25) is 26.2 Å². The van der Waals surface area contributed by atoms with Crippen molar-refractivity contribution >= 4 is 145 Å². The van der Waals surface area contributed by atoms with Crippen molar-refractivity contribution < 1.29 is 152 Å². The number of hydrogen-bond acceptors (Lipinski definition) is 28. The van der Waals surface area contributed by atoms with Crippen LogP contribution < -0.4 is 75.4 Å². The lowest BCUT2D eigenvalue weighted by molar-refractivity contribution is 0.0596. The highest BCUT2D eigenvalue weighted by molar-refractivity contribution is 14.1. The maximum atomic E-state index is 14.3. The summed E-state index contributed by atoms with van der Waals surface area (Å²) in [6, 6.07) is 12.1. The van der Waals surface area contributed by atoms with Crippen LogP contribution >= 0.6 is 92.4 Å². The number of nitrogens with zero attached hydrogens (tertiary/aromatic N) is 9. The molecule has 140 heavy (non-hydrogen) atoms. The Morgan fingerprint density at radius 3 is 1.15 bits per heavy atom. The molecule has 7 aromatic carbocycles. The van der Waals surface area contributed by atoms with Crippen molar-refractivity contribution in [2.45, 2.75) is 91.4 Å². The molecule has 0 fully saturated rings. The first-order valence-electron chi connectivity index (χ1n) is 38.2. The van der Waals surface area contributed by atoms with E-state index in [0.717, 1.165) is 39.8 Å². The minimum Gasteiger partial charge on any atom is -0.497 e. The second-order valence-corrected chi connectivity index (χ2v) is 29.7. The molecule has 0 bridgehead atoms. The van der Waals surface area contributed by atoms with Crippen LogP contribution in [-0.4, -0.2) is 167 Å². The average Bonchev–Trinajstić information content (AvgIpc) is 0.771. The number of nitrogen functional groups attached to an aromatic ring is 1. The molecule has 56 heteroatoms. The summed E-state index contributed by atoms with van der Waals surface area (Å²) in [6.07, 6.45) is -1.65. The van der Waals surface area contributed by atoms with Gasteiger partial charge in [-0.05, 0) is 171 Å². The maximum absolute atomic E-state index is 14.3. The van der Waals surface area contributed by atoms with Gasteiger partial charge in [-0.1, -0.05) is 50.4 Å². The van der Waals surface area contributed by atoms with Gasteiger partial charge in [-0.2, -0.15) is 5.53 Å². The Morgan fingerprint density at radius 2 is 0.814 bits per heavy atom. The Balaban J connectivity index is 0.000000800. The Hall–Kier alpha value is -12.6. The summed E-state index contributed by atoms with van der Waals surface area (Å²) in [4.78, 5) is 66.3. The fourth-order valence-electron chi connectivity index (χ4n) is 9.82. The molecule has 1 amide bonds. The third-order valence-corrected chi connectivity index (χ3v) is 18.4. The van der Waals surface area contributed by atoms with Crippen molar-refractivity contribution in [3.63, 3.8) is 0 Å². The lowest BCUT2D eigenvalue weighted by atomic mass is 10.1. The summed E-state index contributed by atoms with van der Waals surface area (Å²) in [5.74, 6) is -16.1. The fourth-order valence-corrected chi connectivity index (χ4v) is 11.5. The number of hydrogen-bond donors (Lipinski definition) is 9. The Bertz CT molecular complexity index is 5750. The van der Waals surface area contributed by atoms with Gasteiger partial charge < -0.3 is 89.7 Å². The van der Waals surface area contributed by atoms with E-state index in [1.807, 2.05) is 13.0 Å². The van der Waals surface area contributed by atoms with E-state index in [9.17, 15) is 89.4 Å². The number of carboxylic acids is 2. The van der Waals surface area contributed by atoms with Gasteiger partial charge in [-0.25, -0.2) is 119 Å². The molecule has 33 nitrogen and oxygen atoms in total. The molecule has 3 heterocycles. The number of nitrogens with two attached hydrogens (primary N) is 2. The molecule has 0 radical (unpaired) electrons. The molecule has 0 saturated heterocycles. The number of benzene rings is 7. The van der Waals surface area contributed by atoms with Crippen molar-refractivity contribution in [3.8, 4) is 51.7 Å². The van der Waals surface area contributed by atoms with E-state index in [2.05, 4.69) is 125 Å². The van der Waals surface area contributed by atoms with Crippen molar-refractivity contribution in [2.75, 3.05) is 111 Å². The molecule has 0 unspecified atom stereocenters. The Labute approximate surface area is 832 Å². The SMILES string of the molecule is COC(=O)c1cc(C)cc(OC)c1.COc1cc(C)c(F)c(C(=O)O)c1F.COc1cc(C)c(F)c(C(=O)O)c1F.COc1cc(C)c(F)c(N)c1F.COc1cc(C)c(F)c(NC(=O)OC(C)(C)C)c1F.COc1cc(OC)c(F)c(NCc2cnc(Cl)nc2Cl)c1F.COc1cc(OC)c(F)c(NCc2cnc(Cl)nc2NCC(F)F)c1F.Clc1ncc(CI)c(Cl)n1.N=NN=NCl.NCC(F)F. The number of aromatic nitrogens is 6. The largest absolute Gasteiger partial charge is 0.497 e. The molecule has 0 spiro atoms. The van der Waals surface area contributed by atoms with Gasteiger partial charge in [0.05, 0.1) is 102 Å². The molecule has 0 aliphatic rings. The monoisotopic (exact) mass is 2230 g/mol. The van der Waals surface area contributed by atoms with Crippen LogP contribution in [0.4, 0.5) is 104 Å². The van der Waals surface area contributed by atoms with Crippen molar-refractivity contribution in [3.05, 3.63) is 230 Å². The van der Waals surface area contributed by atoms with E-state index in [0.29, 0.717) is 22.0 Å². The third kappa shape index (κ3) is 39.9. The normalized spacial score (nSPS) is 10.3. The standard InChI is InChI=1S/C15H15ClF4N4O2.C13H11Cl2F2N3O2.C13H17F2NO3.C10H12O3.2C9H8F2O3.C8H9F2NO.C5H3Cl2IN2.C2H5F2N.ClHN4/c1-25-8-3-9(26-2)12(20)13(11(8)19)21-4-7-5-23-15(16)24-14(7)22-6-10(17)18;1-21-7-3-8(22-2)10(17)11(9(7)16)18-4-6-5-19-13(15)20-12(6)14;1-7-6-8(18-5)10(15)11(9(7)14)16-12(17)19-13(2,3)4;1-7-4-8(10(11)13-3)6-9(5-7)12-2;2*1-4-3-5(14-2)8(11)6(7(4)10)9(12)13;1-4-3-5(12-2)7(10)8(11)6(4)9;6-4-3(1-8)2-9-5(7)10-4;3-2(4)1-5;1-3-5-4-2/h3,5,10,21H,4,6H2,1-2H3,(H,22,23,24);3,5,18H,4H2,1-2H3;6H,1-5H3,(H,16,17);4-6H,1-3H3;2*3H,1-2H3,(H,12,13);3H,11H2,1-2H3;2H,1H2;2H,1,5H2;2H. The third-order valence-electron chi connectivity index (χ3n) is 16.4. The first kappa shape index (κ1) is 125. The number of carbonyl (C=O) groups excluding carboxylic acids is 2. The Kier molecular flexibility index (Phi) is 55.9. The zero-order valence-corrected chi connectivity index (χ0v) is 83.2. The Morgan fingerprint density at radius 1 is 0.464 bits per heavy atom. The quantitative estimate of drug-likeness (QED) is 0.00295. The molecule has 0 atom stereocenters. The van der Waals surface area contributed by atoms with Crippen LogP contribution in [0.5, 0.6) is 51.7 Å². The summed E-state index contributed by atoms with van der Waals surface area (Å²) in [5, 5.41) is 32.3. The van der Waals surface area contributed by atoms with Crippen LogP contribution in [-0.2, 0) is 27.0 Å². The van der Waals surface area contributed by atoms with Crippen LogP contribution in [0.15, 0.2) is 88.3 Å². The fraction of sp³-hybridized carbons (Fsp3) is 0.310. The number of halogens is 23. The van der Waals surface area contributed by atoms with Gasteiger partial charge in [0.25, 0.3) is 12.9 Å². The number of rotatable bonds is 25. The average molecular weight is 2240 g/mol. The first-order chi connectivity index (χ1) is 65.6. The van der Waals surface area contributed by atoms with Gasteiger partial charge in [-0.3, -0.25) is 5.32 Å². The van der Waals surface area contributed by atoms with Crippen LogP contribution in [0.3, 0.4) is 0 Å². The zero-order valence-electron chi connectivity index (χ0n) is 76.5. The summed E-state index contributed by atoms with van der Waals surface area (Å²) in [6.45, 7) is 11.1. The number of aryl methyl sites for hydroxylation is 5. The van der Waals surface area contributed by atoms with Gasteiger partial charge in [0.1, 0.15) is 73.0 Å². The zero-order chi connectivity index (χ0) is 107. The smallest absolute Gasteiger partial charge is 0.412 e. The number of amides is 1. The minimum atomic E-state index is -2.62. The highest BCUT2D eigenvalue weighted by Gasteiger charge is 2.28. The molecule has 768 valence electrons. The number of alkyl halides is 5. The maximum Gasteiger partial charge on any atom is 0.412 e. The highest BCUT2D eigenvalue weighted by atomic mass is 127. The van der Waals surface area contributed by atoms with Crippen LogP contribution in [0.1, 0.15) is 96.4 Å². The minimum absolute atomic E-state index is 0.0137. The van der Waals surface area contributed by atoms with Gasteiger partial charge in [0.15, 0.2) is 104 Å². The number of nitrogens with one attached hydrogen (secondary N) is 5. The summed E-state index contributed by atoms with van der Waals surface area (Å²) in [5.41, 5.74) is 14.3. The van der Waals surface area contributed by atoms with E-state index < -0.39 is 153 Å². The number of carboxylic acid groups (broad SMARTS) is 2. The highest BCUT2D eigenvalue weighted by Crippen LogP contribution is 2.39. The van der Waals surface area contributed by atoms with Gasteiger partial charge in [-0.15, -0.1) is 0 Å². The molecule has 10 rings (SSSR count). The van der Waals surface area contributed by atoms with Gasteiger partial charge in [0, 0.05) is 64.9 Å². The second-order valence-electron chi connectivity index (χ2n) is 27.1. The molecular formula is C84H89Cl6F16IN16O17. The lowest BCUT2D eigenvalue weighted by Gasteiger charge is -2.20. The molecule has 0 aliphatic heterocycles. The van der Waals surface area contributed by atoms with Gasteiger partial charge in [0.2, 0.25) is 15.9 Å². The van der Waals surface area contributed by atoms with Crippen LogP contribution in [0.25, 0.3) is 0 Å². The number of aromatic carboxylic acids is 2. The number of ether oxygens (including phenoxy) is 11.